The Kier molecular flexibility index (Phi) is 7.60. The minimum atomic E-state index is -0.815. The second kappa shape index (κ2) is 10.5. The molecule has 192 valence electrons. The number of amides is 1. The minimum absolute atomic E-state index is 0.0560. The number of para-hydroxylation sites is 2. The van der Waals surface area contributed by atoms with Crippen molar-refractivity contribution in [1.82, 2.24) is 0 Å². The van der Waals surface area contributed by atoms with Gasteiger partial charge in [-0.2, -0.15) is 0 Å². The van der Waals surface area contributed by atoms with Crippen LogP contribution in [0.1, 0.15) is 62.4 Å². The summed E-state index contributed by atoms with van der Waals surface area (Å²) in [4.78, 5) is 28.6. The van der Waals surface area contributed by atoms with E-state index in [1.165, 1.54) is 4.90 Å². The van der Waals surface area contributed by atoms with Gasteiger partial charge in [-0.05, 0) is 59.7 Å². The fraction of sp³-hybridized carbons (Fsp3) is 0.290. The van der Waals surface area contributed by atoms with Crippen LogP contribution in [0.5, 0.6) is 5.75 Å². The minimum Gasteiger partial charge on any atom is -0.507 e. The van der Waals surface area contributed by atoms with Gasteiger partial charge in [0.05, 0.1) is 23.9 Å². The highest BCUT2D eigenvalue weighted by atomic mass is 79.9. The number of carbonyl (C=O) groups is 2. The summed E-state index contributed by atoms with van der Waals surface area (Å²) in [6, 6.07) is 19.6. The third-order valence-electron chi connectivity index (χ3n) is 6.55. The van der Waals surface area contributed by atoms with Crippen molar-refractivity contribution in [2.24, 2.45) is 0 Å². The third-order valence-corrected chi connectivity index (χ3v) is 7.44. The molecule has 1 saturated heterocycles. The first-order chi connectivity index (χ1) is 17.5. The van der Waals surface area contributed by atoms with Crippen molar-refractivity contribution in [1.29, 1.82) is 0 Å². The van der Waals surface area contributed by atoms with Crippen molar-refractivity contribution in [3.8, 4) is 5.75 Å². The topological polar surface area (TPSA) is 66.8 Å². The van der Waals surface area contributed by atoms with Crippen LogP contribution in [0.4, 0.5) is 5.69 Å². The van der Waals surface area contributed by atoms with Crippen LogP contribution >= 0.6 is 15.9 Å². The van der Waals surface area contributed by atoms with Crippen LogP contribution in [0, 0.1) is 6.92 Å². The van der Waals surface area contributed by atoms with E-state index in [1.54, 1.807) is 24.3 Å². The number of ketones is 1. The fourth-order valence-corrected chi connectivity index (χ4v) is 4.75. The van der Waals surface area contributed by atoms with Gasteiger partial charge in [-0.25, -0.2) is 0 Å². The van der Waals surface area contributed by atoms with Gasteiger partial charge in [0.2, 0.25) is 0 Å². The molecule has 0 saturated carbocycles. The van der Waals surface area contributed by atoms with Crippen LogP contribution in [-0.2, 0) is 15.0 Å². The highest BCUT2D eigenvalue weighted by Gasteiger charge is 2.47. The van der Waals surface area contributed by atoms with Crippen molar-refractivity contribution in [3.05, 3.63) is 99.0 Å². The molecular formula is C31H32BrNO4. The monoisotopic (exact) mass is 561 g/mol. The van der Waals surface area contributed by atoms with Gasteiger partial charge in [0.15, 0.2) is 0 Å². The number of anilines is 1. The van der Waals surface area contributed by atoms with Crippen LogP contribution in [0.15, 0.2) is 76.8 Å². The van der Waals surface area contributed by atoms with E-state index in [0.29, 0.717) is 23.6 Å². The average molecular weight is 563 g/mol. The molecule has 0 aliphatic carbocycles. The lowest BCUT2D eigenvalue weighted by Crippen LogP contribution is -2.30. The van der Waals surface area contributed by atoms with Gasteiger partial charge in [-0.15, -0.1) is 0 Å². The molecule has 1 N–H and O–H groups in total. The largest absolute Gasteiger partial charge is 0.507 e. The zero-order chi connectivity index (χ0) is 26.9. The van der Waals surface area contributed by atoms with E-state index in [4.69, 9.17) is 4.74 Å². The number of aliphatic hydroxyl groups excluding tert-OH is 1. The van der Waals surface area contributed by atoms with E-state index in [2.05, 4.69) is 36.7 Å². The van der Waals surface area contributed by atoms with E-state index in [9.17, 15) is 14.7 Å². The SMILES string of the molecule is CCCOc1ccccc1N1C(=O)C(=O)/C(=C(\O)c2ccc(Br)c(C)c2)C1c1ccc(C(C)(C)C)cc1. The van der Waals surface area contributed by atoms with Crippen LogP contribution < -0.4 is 9.64 Å². The molecule has 0 bridgehead atoms. The van der Waals surface area contributed by atoms with Crippen LogP contribution in [0.3, 0.4) is 0 Å². The van der Waals surface area contributed by atoms with Gasteiger partial charge in [0, 0.05) is 10.0 Å². The van der Waals surface area contributed by atoms with Gasteiger partial charge in [-0.1, -0.05) is 86.1 Å². The third kappa shape index (κ3) is 5.21. The number of carbonyl (C=O) groups excluding carboxylic acids is 2. The Hall–Kier alpha value is -3.38. The molecule has 0 spiro atoms. The summed E-state index contributed by atoms with van der Waals surface area (Å²) in [5, 5.41) is 11.4. The first-order valence-electron chi connectivity index (χ1n) is 12.4. The lowest BCUT2D eigenvalue weighted by atomic mass is 9.85. The second-order valence-corrected chi connectivity index (χ2v) is 11.2. The molecule has 1 fully saturated rings. The number of benzene rings is 3. The van der Waals surface area contributed by atoms with Crippen molar-refractivity contribution in [2.45, 2.75) is 52.5 Å². The Bertz CT molecular complexity index is 1370. The number of hydrogen-bond donors (Lipinski definition) is 1. The maximum absolute atomic E-state index is 13.6. The van der Waals surface area contributed by atoms with E-state index in [-0.39, 0.29) is 16.7 Å². The molecular weight excluding hydrogens is 530 g/mol. The Balaban J connectivity index is 1.94. The highest BCUT2D eigenvalue weighted by Crippen LogP contribution is 2.45. The summed E-state index contributed by atoms with van der Waals surface area (Å²) < 4.78 is 6.84. The van der Waals surface area contributed by atoms with Crippen molar-refractivity contribution in [2.75, 3.05) is 11.5 Å². The van der Waals surface area contributed by atoms with E-state index < -0.39 is 17.7 Å². The zero-order valence-corrected chi connectivity index (χ0v) is 23.4. The van der Waals surface area contributed by atoms with Gasteiger partial charge in [0.1, 0.15) is 11.5 Å². The molecule has 1 amide bonds. The predicted octanol–water partition coefficient (Wildman–Crippen LogP) is 7.47. The van der Waals surface area contributed by atoms with Crippen LogP contribution in [-0.4, -0.2) is 23.4 Å². The molecule has 5 nitrogen and oxygen atoms in total. The standard InChI is InChI=1S/C31H32BrNO4/c1-6-17-37-25-10-8-7-9-24(25)33-27(20-11-14-22(15-12-20)31(3,4)5)26(29(35)30(33)36)28(34)21-13-16-23(32)19(2)18-21/h7-16,18,27,34H,6,17H2,1-5H3/b28-26-. The first kappa shape index (κ1) is 26.7. The normalized spacial score (nSPS) is 17.4. The number of nitrogens with zero attached hydrogens (tertiary/aromatic N) is 1. The van der Waals surface area contributed by atoms with Crippen molar-refractivity contribution in [3.63, 3.8) is 0 Å². The van der Waals surface area contributed by atoms with Gasteiger partial charge < -0.3 is 9.84 Å². The highest BCUT2D eigenvalue weighted by molar-refractivity contribution is 9.10. The quantitative estimate of drug-likeness (QED) is 0.192. The number of ether oxygens (including phenoxy) is 1. The fourth-order valence-electron chi connectivity index (χ4n) is 4.50. The number of aliphatic hydroxyl groups is 1. The zero-order valence-electron chi connectivity index (χ0n) is 21.8. The number of rotatable bonds is 6. The smallest absolute Gasteiger partial charge is 0.300 e. The Morgan fingerprint density at radius 2 is 1.70 bits per heavy atom. The summed E-state index contributed by atoms with van der Waals surface area (Å²) in [5.74, 6) is -1.11. The molecule has 3 aromatic carbocycles. The van der Waals surface area contributed by atoms with Crippen molar-refractivity contribution < 1.29 is 19.4 Å². The van der Waals surface area contributed by atoms with E-state index in [0.717, 1.165) is 27.6 Å². The average Bonchev–Trinajstić information content (AvgIpc) is 3.13. The summed E-state index contributed by atoms with van der Waals surface area (Å²) in [6.07, 6.45) is 0.799. The Morgan fingerprint density at radius 3 is 2.32 bits per heavy atom. The lowest BCUT2D eigenvalue weighted by molar-refractivity contribution is -0.132. The van der Waals surface area contributed by atoms with Crippen molar-refractivity contribution >= 4 is 39.1 Å². The molecule has 1 atom stereocenters. The van der Waals surface area contributed by atoms with Crippen LogP contribution in [0.25, 0.3) is 5.76 Å². The van der Waals surface area contributed by atoms with Gasteiger partial charge in [-0.3, -0.25) is 14.5 Å². The number of halogens is 1. The lowest BCUT2D eigenvalue weighted by Gasteiger charge is -2.28. The van der Waals surface area contributed by atoms with Crippen LogP contribution in [0.2, 0.25) is 0 Å². The summed E-state index contributed by atoms with van der Waals surface area (Å²) in [7, 11) is 0. The van der Waals surface area contributed by atoms with Gasteiger partial charge in [0.25, 0.3) is 11.7 Å². The number of hydrogen-bond acceptors (Lipinski definition) is 4. The molecule has 4 rings (SSSR count). The van der Waals surface area contributed by atoms with E-state index in [1.807, 2.05) is 56.3 Å². The predicted molar refractivity (Wildman–Crippen MR) is 151 cm³/mol. The molecule has 0 radical (unpaired) electrons. The molecule has 1 aliphatic rings. The molecule has 37 heavy (non-hydrogen) atoms. The molecule has 3 aromatic rings. The molecule has 0 aromatic heterocycles. The number of Topliss-reactive ketones (excluding diaryl/α,β-unsaturated/α-hetero) is 1. The second-order valence-electron chi connectivity index (χ2n) is 10.3. The maximum Gasteiger partial charge on any atom is 0.300 e. The first-order valence-corrected chi connectivity index (χ1v) is 13.2. The summed E-state index contributed by atoms with van der Waals surface area (Å²) in [6.45, 7) is 10.8. The van der Waals surface area contributed by atoms with Gasteiger partial charge >= 0.3 is 0 Å². The van der Waals surface area contributed by atoms with E-state index >= 15 is 0 Å². The Labute approximate surface area is 226 Å². The molecule has 1 aliphatic heterocycles. The summed E-state index contributed by atoms with van der Waals surface area (Å²) >= 11 is 3.48. The molecule has 6 heteroatoms. The summed E-state index contributed by atoms with van der Waals surface area (Å²) in [5.41, 5.74) is 3.73. The Morgan fingerprint density at radius 1 is 1.03 bits per heavy atom. The molecule has 1 heterocycles. The number of aryl methyl sites for hydroxylation is 1. The maximum atomic E-state index is 13.6. The molecule has 1 unspecified atom stereocenters.